The molecule has 0 fully saturated rings. The Morgan fingerprint density at radius 1 is 0.432 bits per heavy atom. The Bertz CT molecular complexity index is 2210. The summed E-state index contributed by atoms with van der Waals surface area (Å²) in [6, 6.07) is 52.8. The fourth-order valence-electron chi connectivity index (χ4n) is 8.02. The first-order chi connectivity index (χ1) is 21.6. The molecule has 44 heavy (non-hydrogen) atoms. The summed E-state index contributed by atoms with van der Waals surface area (Å²) in [5.41, 5.74) is 14.1. The smallest absolute Gasteiger partial charge is 0.160 e. The van der Waals surface area contributed by atoms with E-state index in [1.807, 2.05) is 6.07 Å². The highest BCUT2D eigenvalue weighted by Gasteiger charge is 2.53. The summed E-state index contributed by atoms with van der Waals surface area (Å²) in [4.78, 5) is 10.4. The minimum Gasteiger partial charge on any atom is -0.228 e. The lowest BCUT2D eigenvalue weighted by Crippen LogP contribution is -2.40. The number of fused-ring (bicyclic) bond motifs is 10. The Hall–Kier alpha value is -5.34. The SMILES string of the molecule is CC1(C)c2ccccc2C2(c3ccccc3-c3ccc(-c4nc(-c5ccccc5)c5ccccc5n4)cc32)c2ccccc21. The highest BCUT2D eigenvalue weighted by molar-refractivity contribution is 5.94. The van der Waals surface area contributed by atoms with E-state index in [-0.39, 0.29) is 5.41 Å². The Labute approximate surface area is 257 Å². The largest absolute Gasteiger partial charge is 0.228 e. The standard InChI is InChI=1S/C42H30N2/c1-41(2)33-19-9-11-21-35(33)42(36-22-12-10-20-34(36)41)32-18-8-6-16-29(32)30-25-24-28(26-37(30)42)40-43-38-23-13-7-17-31(38)39(44-40)27-14-4-3-5-15-27/h3-26H,1-2H3. The van der Waals surface area contributed by atoms with Crippen molar-refractivity contribution in [2.45, 2.75) is 24.7 Å². The van der Waals surface area contributed by atoms with Crippen LogP contribution in [0.4, 0.5) is 0 Å². The van der Waals surface area contributed by atoms with Crippen molar-refractivity contribution in [3.05, 3.63) is 179 Å². The van der Waals surface area contributed by atoms with Crippen LogP contribution in [0.3, 0.4) is 0 Å². The van der Waals surface area contributed by atoms with Crippen molar-refractivity contribution in [2.24, 2.45) is 0 Å². The van der Waals surface area contributed by atoms with Crippen LogP contribution in [0.25, 0.3) is 44.7 Å². The van der Waals surface area contributed by atoms with Gasteiger partial charge in [-0.25, -0.2) is 9.97 Å². The van der Waals surface area contributed by atoms with Crippen molar-refractivity contribution < 1.29 is 0 Å². The normalized spacial score (nSPS) is 15.0. The van der Waals surface area contributed by atoms with Gasteiger partial charge in [-0.2, -0.15) is 0 Å². The predicted molar refractivity (Wildman–Crippen MR) is 180 cm³/mol. The number of benzene rings is 6. The summed E-state index contributed by atoms with van der Waals surface area (Å²) >= 11 is 0. The van der Waals surface area contributed by atoms with Crippen molar-refractivity contribution in [2.75, 3.05) is 0 Å². The molecule has 208 valence electrons. The number of rotatable bonds is 2. The van der Waals surface area contributed by atoms with E-state index in [0.29, 0.717) is 0 Å². The highest BCUT2D eigenvalue weighted by Crippen LogP contribution is 2.62. The summed E-state index contributed by atoms with van der Waals surface area (Å²) in [5, 5.41) is 1.06. The van der Waals surface area contributed by atoms with Crippen molar-refractivity contribution in [1.29, 1.82) is 0 Å². The average molecular weight is 563 g/mol. The summed E-state index contributed by atoms with van der Waals surface area (Å²) in [6.07, 6.45) is 0. The van der Waals surface area contributed by atoms with Gasteiger partial charge in [-0.3, -0.25) is 0 Å². The van der Waals surface area contributed by atoms with E-state index in [9.17, 15) is 0 Å². The second-order valence-corrected chi connectivity index (χ2v) is 12.6. The lowest BCUT2D eigenvalue weighted by atomic mass is 9.55. The Morgan fingerprint density at radius 3 is 1.73 bits per heavy atom. The molecule has 0 radical (unpaired) electrons. The van der Waals surface area contributed by atoms with Gasteiger partial charge in [0, 0.05) is 21.9 Å². The number of para-hydroxylation sites is 1. The number of nitrogens with zero attached hydrogens (tertiary/aromatic N) is 2. The average Bonchev–Trinajstić information content (AvgIpc) is 3.38. The van der Waals surface area contributed by atoms with Gasteiger partial charge in [-0.1, -0.05) is 147 Å². The molecule has 6 aromatic carbocycles. The molecule has 1 spiro atoms. The molecular formula is C42H30N2. The first-order valence-electron chi connectivity index (χ1n) is 15.4. The molecule has 0 N–H and O–H groups in total. The first kappa shape index (κ1) is 25.2. The van der Waals surface area contributed by atoms with Gasteiger partial charge >= 0.3 is 0 Å². The number of hydrogen-bond donors (Lipinski definition) is 0. The van der Waals surface area contributed by atoms with E-state index >= 15 is 0 Å². The number of aromatic nitrogens is 2. The zero-order valence-electron chi connectivity index (χ0n) is 24.8. The van der Waals surface area contributed by atoms with Crippen LogP contribution in [0.5, 0.6) is 0 Å². The van der Waals surface area contributed by atoms with E-state index in [1.165, 1.54) is 44.5 Å². The van der Waals surface area contributed by atoms with Gasteiger partial charge in [-0.15, -0.1) is 0 Å². The predicted octanol–water partition coefficient (Wildman–Crippen LogP) is 9.97. The minimum atomic E-state index is -0.441. The van der Waals surface area contributed by atoms with Crippen LogP contribution in [-0.4, -0.2) is 9.97 Å². The van der Waals surface area contributed by atoms with E-state index in [0.717, 1.165) is 33.5 Å². The second kappa shape index (κ2) is 9.08. The van der Waals surface area contributed by atoms with Crippen molar-refractivity contribution >= 4 is 10.9 Å². The Morgan fingerprint density at radius 2 is 1.00 bits per heavy atom. The maximum Gasteiger partial charge on any atom is 0.160 e. The summed E-state index contributed by atoms with van der Waals surface area (Å²) < 4.78 is 0. The van der Waals surface area contributed by atoms with Crippen LogP contribution in [0.15, 0.2) is 146 Å². The molecule has 1 aromatic heterocycles. The van der Waals surface area contributed by atoms with Gasteiger partial charge in [0.15, 0.2) is 5.82 Å². The molecule has 2 aliphatic rings. The van der Waals surface area contributed by atoms with E-state index in [1.54, 1.807) is 0 Å². The van der Waals surface area contributed by atoms with Gasteiger partial charge < -0.3 is 0 Å². The molecule has 2 heteroatoms. The minimum absolute atomic E-state index is 0.125. The van der Waals surface area contributed by atoms with E-state index in [2.05, 4.69) is 153 Å². The molecule has 0 atom stereocenters. The maximum absolute atomic E-state index is 5.25. The number of hydrogen-bond acceptors (Lipinski definition) is 2. The molecular weight excluding hydrogens is 532 g/mol. The monoisotopic (exact) mass is 562 g/mol. The molecule has 0 bridgehead atoms. The Kier molecular flexibility index (Phi) is 5.20. The topological polar surface area (TPSA) is 25.8 Å². The second-order valence-electron chi connectivity index (χ2n) is 12.6. The van der Waals surface area contributed by atoms with Crippen LogP contribution in [-0.2, 0) is 10.8 Å². The van der Waals surface area contributed by atoms with Gasteiger partial charge in [0.2, 0.25) is 0 Å². The summed E-state index contributed by atoms with van der Waals surface area (Å²) in [7, 11) is 0. The zero-order chi connectivity index (χ0) is 29.5. The zero-order valence-corrected chi connectivity index (χ0v) is 24.8. The highest BCUT2D eigenvalue weighted by atomic mass is 14.9. The molecule has 2 aliphatic carbocycles. The molecule has 0 saturated carbocycles. The molecule has 9 rings (SSSR count). The van der Waals surface area contributed by atoms with E-state index < -0.39 is 5.41 Å². The van der Waals surface area contributed by atoms with Crippen LogP contribution in [0.2, 0.25) is 0 Å². The lowest BCUT2D eigenvalue weighted by molar-refractivity contribution is 0.563. The van der Waals surface area contributed by atoms with Gasteiger partial charge in [0.05, 0.1) is 16.6 Å². The molecule has 0 unspecified atom stereocenters. The van der Waals surface area contributed by atoms with Gasteiger partial charge in [0.25, 0.3) is 0 Å². The van der Waals surface area contributed by atoms with E-state index in [4.69, 9.17) is 9.97 Å². The Balaban J connectivity index is 1.37. The van der Waals surface area contributed by atoms with Crippen molar-refractivity contribution in [1.82, 2.24) is 9.97 Å². The lowest BCUT2D eigenvalue weighted by Gasteiger charge is -2.46. The molecule has 2 nitrogen and oxygen atoms in total. The molecule has 7 aromatic rings. The van der Waals surface area contributed by atoms with Crippen molar-refractivity contribution in [3.8, 4) is 33.8 Å². The van der Waals surface area contributed by atoms with Crippen LogP contribution in [0, 0.1) is 0 Å². The molecule has 0 amide bonds. The third kappa shape index (κ3) is 3.26. The van der Waals surface area contributed by atoms with Crippen LogP contribution >= 0.6 is 0 Å². The van der Waals surface area contributed by atoms with Crippen LogP contribution in [0.1, 0.15) is 47.2 Å². The van der Waals surface area contributed by atoms with Crippen molar-refractivity contribution in [3.63, 3.8) is 0 Å². The van der Waals surface area contributed by atoms with Crippen LogP contribution < -0.4 is 0 Å². The molecule has 1 heterocycles. The maximum atomic E-state index is 5.25. The molecule has 0 aliphatic heterocycles. The third-order valence-corrected chi connectivity index (χ3v) is 9.96. The summed E-state index contributed by atoms with van der Waals surface area (Å²) in [5.74, 6) is 0.745. The fourth-order valence-corrected chi connectivity index (χ4v) is 8.02. The van der Waals surface area contributed by atoms with Gasteiger partial charge in [-0.05, 0) is 56.6 Å². The quantitative estimate of drug-likeness (QED) is 0.210. The summed E-state index contributed by atoms with van der Waals surface area (Å²) in [6.45, 7) is 4.73. The fraction of sp³-hybridized carbons (Fsp3) is 0.0952. The van der Waals surface area contributed by atoms with Gasteiger partial charge in [0.1, 0.15) is 0 Å². The third-order valence-electron chi connectivity index (χ3n) is 9.96. The first-order valence-corrected chi connectivity index (χ1v) is 15.4. The molecule has 0 saturated heterocycles.